The van der Waals surface area contributed by atoms with E-state index in [9.17, 15) is 13.2 Å². The number of ether oxygens (including phenoxy) is 1. The molecule has 0 aromatic heterocycles. The van der Waals surface area contributed by atoms with Gasteiger partial charge >= 0.3 is 0 Å². The third kappa shape index (κ3) is 4.25. The second-order valence-electron chi connectivity index (χ2n) is 6.12. The van der Waals surface area contributed by atoms with Crippen LogP contribution in [0.15, 0.2) is 47.4 Å². The quantitative estimate of drug-likeness (QED) is 0.775. The van der Waals surface area contributed by atoms with Crippen LogP contribution in [0.25, 0.3) is 0 Å². The molecule has 1 aliphatic rings. The van der Waals surface area contributed by atoms with Gasteiger partial charge < -0.3 is 9.64 Å². The highest BCUT2D eigenvalue weighted by molar-refractivity contribution is 7.89. The van der Waals surface area contributed by atoms with Crippen LogP contribution in [0, 0.1) is 12.3 Å². The molecule has 8 heteroatoms. The highest BCUT2D eigenvalue weighted by atomic mass is 35.5. The van der Waals surface area contributed by atoms with Crippen molar-refractivity contribution in [3.8, 4) is 18.1 Å². The molecule has 2 aromatic rings. The average Bonchev–Trinajstić information content (AvgIpc) is 3.01. The van der Waals surface area contributed by atoms with Gasteiger partial charge in [0, 0.05) is 29.6 Å². The van der Waals surface area contributed by atoms with Gasteiger partial charge in [-0.05, 0) is 42.0 Å². The second-order valence-corrected chi connectivity index (χ2v) is 8.12. The zero-order valence-electron chi connectivity index (χ0n) is 14.3. The lowest BCUT2D eigenvalue weighted by Crippen LogP contribution is -2.24. The van der Waals surface area contributed by atoms with Gasteiger partial charge in [0.25, 0.3) is 0 Å². The largest absolute Gasteiger partial charge is 0.481 e. The first-order valence-electron chi connectivity index (χ1n) is 8.08. The van der Waals surface area contributed by atoms with Crippen molar-refractivity contribution < 1.29 is 17.9 Å². The van der Waals surface area contributed by atoms with Crippen LogP contribution in [-0.2, 0) is 14.8 Å². The van der Waals surface area contributed by atoms with Crippen molar-refractivity contribution in [2.75, 3.05) is 18.1 Å². The van der Waals surface area contributed by atoms with E-state index in [4.69, 9.17) is 27.9 Å². The molecule has 6 nitrogen and oxygen atoms in total. The first-order chi connectivity index (χ1) is 12.8. The summed E-state index contributed by atoms with van der Waals surface area (Å²) in [6.45, 7) is 0.536. The van der Waals surface area contributed by atoms with Crippen molar-refractivity contribution >= 4 is 33.2 Å². The Kier molecular flexibility index (Phi) is 5.42. The first kappa shape index (κ1) is 19.2. The minimum atomic E-state index is -3.78. The Labute approximate surface area is 162 Å². The van der Waals surface area contributed by atoms with Crippen molar-refractivity contribution in [1.29, 1.82) is 0 Å². The number of anilines is 1. The number of hydrogen-bond acceptors (Lipinski definition) is 4. The summed E-state index contributed by atoms with van der Waals surface area (Å²) in [5, 5.41) is 5.63. The Morgan fingerprint density at radius 3 is 2.59 bits per heavy atom. The van der Waals surface area contributed by atoms with E-state index in [2.05, 4.69) is 5.92 Å². The number of nitrogens with zero attached hydrogens (tertiary/aromatic N) is 1. The standard InChI is InChI=1S/C19H17ClN2O4S/c1-2-9-26-18-11-14(20)3-8-17(18)13-10-19(23)22(12-13)15-4-6-16(7-5-15)27(21,24)25/h1,3-8,11,13H,9-10,12H2,(H2,21,24,25). The molecular formula is C19H17ClN2O4S. The fraction of sp³-hybridized carbons (Fsp3) is 0.211. The topological polar surface area (TPSA) is 89.7 Å². The number of benzene rings is 2. The summed E-state index contributed by atoms with van der Waals surface area (Å²) in [5.74, 6) is 2.81. The lowest BCUT2D eigenvalue weighted by atomic mass is 9.97. The number of carbonyl (C=O) groups is 1. The zero-order chi connectivity index (χ0) is 19.6. The summed E-state index contributed by atoms with van der Waals surface area (Å²) in [4.78, 5) is 14.1. The molecule has 1 aliphatic heterocycles. The average molecular weight is 405 g/mol. The molecule has 1 atom stereocenters. The summed E-state index contributed by atoms with van der Waals surface area (Å²) in [6.07, 6.45) is 5.56. The molecule has 0 saturated carbocycles. The van der Waals surface area contributed by atoms with Gasteiger partial charge in [-0.15, -0.1) is 6.42 Å². The molecule has 2 aromatic carbocycles. The van der Waals surface area contributed by atoms with Crippen LogP contribution in [0.4, 0.5) is 5.69 Å². The predicted octanol–water partition coefficient (Wildman–Crippen LogP) is 2.52. The smallest absolute Gasteiger partial charge is 0.238 e. The number of primary sulfonamides is 1. The molecule has 1 fully saturated rings. The molecule has 1 saturated heterocycles. The van der Waals surface area contributed by atoms with Crippen LogP contribution in [0.1, 0.15) is 17.9 Å². The van der Waals surface area contributed by atoms with E-state index < -0.39 is 10.0 Å². The first-order valence-corrected chi connectivity index (χ1v) is 10.0. The van der Waals surface area contributed by atoms with Crippen LogP contribution >= 0.6 is 11.6 Å². The molecule has 3 rings (SSSR count). The summed E-state index contributed by atoms with van der Waals surface area (Å²) in [6, 6.07) is 11.2. The van der Waals surface area contributed by atoms with Gasteiger partial charge in [-0.2, -0.15) is 0 Å². The van der Waals surface area contributed by atoms with Gasteiger partial charge in [-0.1, -0.05) is 23.6 Å². The summed E-state index contributed by atoms with van der Waals surface area (Å²) in [7, 11) is -3.78. The molecule has 0 aliphatic carbocycles. The van der Waals surface area contributed by atoms with E-state index in [-0.39, 0.29) is 23.3 Å². The van der Waals surface area contributed by atoms with E-state index in [1.807, 2.05) is 6.07 Å². The van der Waals surface area contributed by atoms with Crippen LogP contribution in [-0.4, -0.2) is 27.5 Å². The second kappa shape index (κ2) is 7.61. The van der Waals surface area contributed by atoms with Crippen molar-refractivity contribution in [2.24, 2.45) is 5.14 Å². The Morgan fingerprint density at radius 2 is 1.96 bits per heavy atom. The molecule has 140 valence electrons. The van der Waals surface area contributed by atoms with Crippen LogP contribution < -0.4 is 14.8 Å². The molecule has 1 amide bonds. The Hall–Kier alpha value is -2.53. The predicted molar refractivity (Wildman–Crippen MR) is 103 cm³/mol. The normalized spacial score (nSPS) is 17.0. The Morgan fingerprint density at radius 1 is 1.26 bits per heavy atom. The van der Waals surface area contributed by atoms with Gasteiger partial charge in [0.1, 0.15) is 12.4 Å². The molecule has 27 heavy (non-hydrogen) atoms. The minimum absolute atomic E-state index is 0.00267. The van der Waals surface area contributed by atoms with E-state index in [1.165, 1.54) is 12.1 Å². The third-order valence-corrected chi connectivity index (χ3v) is 5.49. The van der Waals surface area contributed by atoms with Crippen molar-refractivity contribution in [1.82, 2.24) is 0 Å². The van der Waals surface area contributed by atoms with E-state index in [0.29, 0.717) is 29.4 Å². The summed E-state index contributed by atoms with van der Waals surface area (Å²) >= 11 is 6.04. The number of carbonyl (C=O) groups excluding carboxylic acids is 1. The van der Waals surface area contributed by atoms with Gasteiger partial charge in [-0.25, -0.2) is 13.6 Å². The van der Waals surface area contributed by atoms with Crippen molar-refractivity contribution in [3.05, 3.63) is 53.1 Å². The molecule has 1 unspecified atom stereocenters. The number of terminal acetylenes is 1. The van der Waals surface area contributed by atoms with Crippen molar-refractivity contribution in [3.63, 3.8) is 0 Å². The number of nitrogens with two attached hydrogens (primary N) is 1. The lowest BCUT2D eigenvalue weighted by Gasteiger charge is -2.18. The highest BCUT2D eigenvalue weighted by Crippen LogP contribution is 2.37. The molecule has 0 bridgehead atoms. The summed E-state index contributed by atoms with van der Waals surface area (Å²) < 4.78 is 28.3. The monoisotopic (exact) mass is 404 g/mol. The van der Waals surface area contributed by atoms with Gasteiger partial charge in [0.2, 0.25) is 15.9 Å². The van der Waals surface area contributed by atoms with Crippen LogP contribution in [0.3, 0.4) is 0 Å². The zero-order valence-corrected chi connectivity index (χ0v) is 15.8. The van der Waals surface area contributed by atoms with E-state index >= 15 is 0 Å². The third-order valence-electron chi connectivity index (χ3n) is 4.33. The fourth-order valence-corrected chi connectivity index (χ4v) is 3.75. The molecule has 2 N–H and O–H groups in total. The SMILES string of the molecule is C#CCOc1cc(Cl)ccc1C1CC(=O)N(c2ccc(S(N)(=O)=O)cc2)C1. The number of hydrogen-bond donors (Lipinski definition) is 1. The molecule has 0 radical (unpaired) electrons. The van der Waals surface area contributed by atoms with Crippen LogP contribution in [0.2, 0.25) is 5.02 Å². The van der Waals surface area contributed by atoms with E-state index in [0.717, 1.165) is 5.56 Å². The number of rotatable bonds is 5. The van der Waals surface area contributed by atoms with Crippen molar-refractivity contribution in [2.45, 2.75) is 17.2 Å². The van der Waals surface area contributed by atoms with Gasteiger partial charge in [0.15, 0.2) is 0 Å². The van der Waals surface area contributed by atoms with Crippen LogP contribution in [0.5, 0.6) is 5.75 Å². The molecular weight excluding hydrogens is 388 g/mol. The number of halogens is 1. The number of sulfonamides is 1. The summed E-state index contributed by atoms with van der Waals surface area (Å²) in [5.41, 5.74) is 1.46. The number of amides is 1. The maximum absolute atomic E-state index is 12.5. The minimum Gasteiger partial charge on any atom is -0.481 e. The fourth-order valence-electron chi connectivity index (χ4n) is 3.07. The Bertz CT molecular complexity index is 1010. The van der Waals surface area contributed by atoms with Gasteiger partial charge in [0.05, 0.1) is 4.90 Å². The highest BCUT2D eigenvalue weighted by Gasteiger charge is 2.33. The van der Waals surface area contributed by atoms with E-state index in [1.54, 1.807) is 29.2 Å². The maximum atomic E-state index is 12.5. The lowest BCUT2D eigenvalue weighted by molar-refractivity contribution is -0.117. The molecule has 0 spiro atoms. The molecule has 1 heterocycles. The Balaban J connectivity index is 1.85. The van der Waals surface area contributed by atoms with Gasteiger partial charge in [-0.3, -0.25) is 4.79 Å². The maximum Gasteiger partial charge on any atom is 0.238 e.